The van der Waals surface area contributed by atoms with E-state index in [1.165, 1.54) is 18.5 Å². The first-order valence-corrected chi connectivity index (χ1v) is 10.2. The molecule has 0 aliphatic rings. The van der Waals surface area contributed by atoms with Crippen LogP contribution in [-0.4, -0.2) is 25.9 Å². The summed E-state index contributed by atoms with van der Waals surface area (Å²) in [5.74, 6) is -0.433. The maximum atomic E-state index is 13.2. The van der Waals surface area contributed by atoms with E-state index in [2.05, 4.69) is 10.3 Å². The van der Waals surface area contributed by atoms with E-state index in [0.29, 0.717) is 11.4 Å². The fourth-order valence-corrected chi connectivity index (χ4v) is 4.01. The van der Waals surface area contributed by atoms with Crippen LogP contribution in [0.25, 0.3) is 0 Å². The quantitative estimate of drug-likeness (QED) is 0.692. The zero-order valence-corrected chi connectivity index (χ0v) is 16.5. The van der Waals surface area contributed by atoms with Crippen LogP contribution in [0.2, 0.25) is 0 Å². The highest BCUT2D eigenvalue weighted by atomic mass is 32.2. The normalized spacial score (nSPS) is 11.1. The number of carbonyl (C=O) groups excluding carboxylic acids is 1. The first-order chi connectivity index (χ1) is 13.4. The van der Waals surface area contributed by atoms with E-state index >= 15 is 0 Å². The molecule has 0 aliphatic carbocycles. The van der Waals surface area contributed by atoms with Crippen LogP contribution in [0.5, 0.6) is 0 Å². The number of sulfonamides is 1. The molecule has 6 nitrogen and oxygen atoms in total. The summed E-state index contributed by atoms with van der Waals surface area (Å²) in [4.78, 5) is 16.5. The van der Waals surface area contributed by atoms with Gasteiger partial charge in [0.2, 0.25) is 5.91 Å². The van der Waals surface area contributed by atoms with Gasteiger partial charge in [-0.1, -0.05) is 35.4 Å². The highest BCUT2D eigenvalue weighted by molar-refractivity contribution is 7.92. The van der Waals surface area contributed by atoms with Crippen molar-refractivity contribution in [2.24, 2.45) is 0 Å². The van der Waals surface area contributed by atoms with E-state index < -0.39 is 15.9 Å². The van der Waals surface area contributed by atoms with Crippen molar-refractivity contribution < 1.29 is 13.2 Å². The van der Waals surface area contributed by atoms with E-state index in [1.54, 1.807) is 42.5 Å². The Morgan fingerprint density at radius 1 is 0.964 bits per heavy atom. The second kappa shape index (κ2) is 8.22. The van der Waals surface area contributed by atoms with Crippen molar-refractivity contribution in [2.45, 2.75) is 18.7 Å². The molecular weight excluding hydrogens is 374 g/mol. The number of pyridine rings is 1. The third kappa shape index (κ3) is 4.55. The fraction of sp³-hybridized carbons (Fsp3) is 0.143. The van der Waals surface area contributed by atoms with Gasteiger partial charge >= 0.3 is 0 Å². The standard InChI is InChI=1S/C21H21N3O3S/c1-16-5-9-18(10-6-16)23-21(25)15-24(19-11-7-17(2)8-12-19)28(26,27)20-4-3-13-22-14-20/h3-14H,15H2,1-2H3,(H,23,25). The summed E-state index contributed by atoms with van der Waals surface area (Å²) in [6, 6.07) is 17.3. The van der Waals surface area contributed by atoms with Crippen LogP contribution in [0.3, 0.4) is 0 Å². The van der Waals surface area contributed by atoms with Crippen molar-refractivity contribution in [1.29, 1.82) is 0 Å². The molecule has 0 aliphatic heterocycles. The molecule has 1 heterocycles. The number of hydrogen-bond donors (Lipinski definition) is 1. The molecule has 1 N–H and O–H groups in total. The molecular formula is C21H21N3O3S. The Morgan fingerprint density at radius 3 is 2.14 bits per heavy atom. The number of hydrogen-bond acceptors (Lipinski definition) is 4. The van der Waals surface area contributed by atoms with Gasteiger partial charge in [-0.15, -0.1) is 0 Å². The summed E-state index contributed by atoms with van der Waals surface area (Å²) in [6.45, 7) is 3.51. The molecule has 144 valence electrons. The van der Waals surface area contributed by atoms with Crippen molar-refractivity contribution >= 4 is 27.3 Å². The summed E-state index contributed by atoms with van der Waals surface area (Å²) in [5.41, 5.74) is 3.08. The van der Waals surface area contributed by atoms with Crippen molar-refractivity contribution in [3.8, 4) is 0 Å². The largest absolute Gasteiger partial charge is 0.325 e. The van der Waals surface area contributed by atoms with Crippen molar-refractivity contribution in [3.63, 3.8) is 0 Å². The number of carbonyl (C=O) groups is 1. The highest BCUT2D eigenvalue weighted by Gasteiger charge is 2.27. The summed E-state index contributed by atoms with van der Waals surface area (Å²) >= 11 is 0. The summed E-state index contributed by atoms with van der Waals surface area (Å²) < 4.78 is 27.4. The number of aryl methyl sites for hydroxylation is 2. The van der Waals surface area contributed by atoms with Gasteiger partial charge in [-0.25, -0.2) is 8.42 Å². The summed E-state index contributed by atoms with van der Waals surface area (Å²) in [6.07, 6.45) is 2.77. The number of amides is 1. The Morgan fingerprint density at radius 2 is 1.57 bits per heavy atom. The van der Waals surface area contributed by atoms with Crippen LogP contribution in [0, 0.1) is 13.8 Å². The van der Waals surface area contributed by atoms with Gasteiger partial charge in [0.25, 0.3) is 10.0 Å². The second-order valence-corrected chi connectivity index (χ2v) is 8.31. The number of rotatable bonds is 6. The molecule has 1 aromatic heterocycles. The molecule has 0 bridgehead atoms. The predicted octanol–water partition coefficient (Wildman–Crippen LogP) is 3.53. The van der Waals surface area contributed by atoms with Gasteiger partial charge in [-0.3, -0.25) is 14.1 Å². The minimum absolute atomic E-state index is 0.0266. The lowest BCUT2D eigenvalue weighted by Crippen LogP contribution is -2.38. The number of aromatic nitrogens is 1. The topological polar surface area (TPSA) is 79.4 Å². The molecule has 0 fully saturated rings. The average molecular weight is 395 g/mol. The molecule has 0 radical (unpaired) electrons. The predicted molar refractivity (Wildman–Crippen MR) is 110 cm³/mol. The molecule has 0 saturated heterocycles. The monoisotopic (exact) mass is 395 g/mol. The van der Waals surface area contributed by atoms with E-state index in [1.807, 2.05) is 26.0 Å². The lowest BCUT2D eigenvalue weighted by atomic mass is 10.2. The van der Waals surface area contributed by atoms with Gasteiger partial charge in [0.1, 0.15) is 11.4 Å². The Balaban J connectivity index is 1.91. The smallest absolute Gasteiger partial charge is 0.266 e. The van der Waals surface area contributed by atoms with E-state index in [0.717, 1.165) is 15.4 Å². The van der Waals surface area contributed by atoms with Crippen LogP contribution >= 0.6 is 0 Å². The van der Waals surface area contributed by atoms with Crippen molar-refractivity contribution in [3.05, 3.63) is 84.2 Å². The Labute approximate surface area is 164 Å². The van der Waals surface area contributed by atoms with E-state index in [4.69, 9.17) is 0 Å². The lowest BCUT2D eigenvalue weighted by molar-refractivity contribution is -0.114. The minimum Gasteiger partial charge on any atom is -0.325 e. The Kier molecular flexibility index (Phi) is 5.75. The van der Waals surface area contributed by atoms with E-state index in [9.17, 15) is 13.2 Å². The number of nitrogens with zero attached hydrogens (tertiary/aromatic N) is 2. The Hall–Kier alpha value is -3.19. The number of anilines is 2. The minimum atomic E-state index is -3.95. The van der Waals surface area contributed by atoms with E-state index in [-0.39, 0.29) is 11.4 Å². The summed E-state index contributed by atoms with van der Waals surface area (Å²) in [5, 5.41) is 2.74. The molecule has 1 amide bonds. The van der Waals surface area contributed by atoms with Gasteiger partial charge in [0.15, 0.2) is 0 Å². The highest BCUT2D eigenvalue weighted by Crippen LogP contribution is 2.23. The molecule has 3 aromatic rings. The fourth-order valence-electron chi connectivity index (χ4n) is 2.62. The lowest BCUT2D eigenvalue weighted by Gasteiger charge is -2.24. The average Bonchev–Trinajstić information content (AvgIpc) is 2.69. The van der Waals surface area contributed by atoms with Crippen molar-refractivity contribution in [1.82, 2.24) is 4.98 Å². The zero-order chi connectivity index (χ0) is 20.1. The number of benzene rings is 2. The maximum Gasteiger partial charge on any atom is 0.266 e. The number of nitrogens with one attached hydrogen (secondary N) is 1. The maximum absolute atomic E-state index is 13.2. The second-order valence-electron chi connectivity index (χ2n) is 6.45. The van der Waals surface area contributed by atoms with Crippen molar-refractivity contribution in [2.75, 3.05) is 16.2 Å². The van der Waals surface area contributed by atoms with Crippen LogP contribution in [0.15, 0.2) is 78.0 Å². The van der Waals surface area contributed by atoms with Crippen LogP contribution < -0.4 is 9.62 Å². The third-order valence-electron chi connectivity index (χ3n) is 4.17. The Bertz CT molecular complexity index is 1050. The molecule has 2 aromatic carbocycles. The van der Waals surface area contributed by atoms with Gasteiger partial charge in [0.05, 0.1) is 5.69 Å². The molecule has 0 unspecified atom stereocenters. The zero-order valence-electron chi connectivity index (χ0n) is 15.7. The van der Waals surface area contributed by atoms with Gasteiger partial charge in [-0.2, -0.15) is 0 Å². The molecule has 3 rings (SSSR count). The van der Waals surface area contributed by atoms with Gasteiger partial charge < -0.3 is 5.32 Å². The van der Waals surface area contributed by atoms with Crippen LogP contribution in [0.4, 0.5) is 11.4 Å². The SMILES string of the molecule is Cc1ccc(NC(=O)CN(c2ccc(C)cc2)S(=O)(=O)c2cccnc2)cc1. The summed E-state index contributed by atoms with van der Waals surface area (Å²) in [7, 11) is -3.95. The molecule has 0 atom stereocenters. The molecule has 28 heavy (non-hydrogen) atoms. The van der Waals surface area contributed by atoms with Gasteiger partial charge in [0, 0.05) is 18.1 Å². The van der Waals surface area contributed by atoms with Crippen LogP contribution in [-0.2, 0) is 14.8 Å². The molecule has 0 spiro atoms. The first kappa shape index (κ1) is 19.6. The molecule has 7 heteroatoms. The van der Waals surface area contributed by atoms with Gasteiger partial charge in [-0.05, 0) is 50.2 Å². The molecule has 0 saturated carbocycles. The first-order valence-electron chi connectivity index (χ1n) is 8.72. The third-order valence-corrected chi connectivity index (χ3v) is 5.92. The van der Waals surface area contributed by atoms with Crippen LogP contribution in [0.1, 0.15) is 11.1 Å².